The maximum atomic E-state index is 11.7. The maximum absolute atomic E-state index is 11.7. The Morgan fingerprint density at radius 3 is 2.74 bits per heavy atom. The van der Waals surface area contributed by atoms with Crippen LogP contribution in [0.1, 0.15) is 20.8 Å². The van der Waals surface area contributed by atoms with Gasteiger partial charge in [-0.3, -0.25) is 14.9 Å². The van der Waals surface area contributed by atoms with Gasteiger partial charge in [0.25, 0.3) is 11.8 Å². The summed E-state index contributed by atoms with van der Waals surface area (Å²) in [6.07, 6.45) is 1.78. The summed E-state index contributed by atoms with van der Waals surface area (Å²) in [4.78, 5) is 25.3. The molecule has 0 spiro atoms. The Bertz CT molecular complexity index is 898. The van der Waals surface area contributed by atoms with Crippen LogP contribution in [0.15, 0.2) is 36.0 Å². The van der Waals surface area contributed by atoms with E-state index in [1.807, 2.05) is 30.3 Å². The molecule has 0 atom stereocenters. The van der Waals surface area contributed by atoms with Crippen molar-refractivity contribution in [2.45, 2.75) is 6.54 Å². The summed E-state index contributed by atoms with van der Waals surface area (Å²) in [5.74, 6) is -0.232. The van der Waals surface area contributed by atoms with Crippen molar-refractivity contribution in [3.8, 4) is 10.4 Å². The van der Waals surface area contributed by atoms with Crippen molar-refractivity contribution >= 4 is 46.6 Å². The van der Waals surface area contributed by atoms with E-state index in [0.29, 0.717) is 17.4 Å². The first-order chi connectivity index (χ1) is 11.1. The summed E-state index contributed by atoms with van der Waals surface area (Å²) in [5.41, 5.74) is 3.28. The summed E-state index contributed by atoms with van der Waals surface area (Å²) in [5, 5.41) is 8.51. The lowest BCUT2D eigenvalue weighted by Gasteiger charge is -2.00. The molecule has 1 aromatic heterocycles. The monoisotopic (exact) mass is 341 g/mol. The molecule has 1 saturated heterocycles. The first-order valence-electron chi connectivity index (χ1n) is 6.95. The third-order valence-electron chi connectivity index (χ3n) is 3.71. The minimum atomic E-state index is -0.216. The number of benzene rings is 1. The second-order valence-electron chi connectivity index (χ2n) is 5.22. The molecule has 2 aromatic rings. The molecule has 2 aliphatic heterocycles. The van der Waals surface area contributed by atoms with E-state index in [9.17, 15) is 9.59 Å². The smallest absolute Gasteiger partial charge is 0.273 e. The van der Waals surface area contributed by atoms with E-state index < -0.39 is 0 Å². The molecular formula is C16H11N3O2S2. The first-order valence-corrected chi connectivity index (χ1v) is 8.18. The van der Waals surface area contributed by atoms with Gasteiger partial charge in [-0.05, 0) is 53.7 Å². The average molecular weight is 341 g/mol. The Morgan fingerprint density at radius 2 is 1.96 bits per heavy atom. The second-order valence-corrected chi connectivity index (χ2v) is 6.75. The minimum Gasteiger partial charge on any atom is -0.348 e. The Balaban J connectivity index is 1.64. The fourth-order valence-corrected chi connectivity index (χ4v) is 3.75. The zero-order valence-corrected chi connectivity index (χ0v) is 13.4. The normalized spacial score (nSPS) is 17.9. The van der Waals surface area contributed by atoms with E-state index in [4.69, 9.17) is 12.2 Å². The predicted octanol–water partition coefficient (Wildman–Crippen LogP) is 2.00. The largest absolute Gasteiger partial charge is 0.348 e. The van der Waals surface area contributed by atoms with Gasteiger partial charge in [-0.25, -0.2) is 0 Å². The molecule has 0 radical (unpaired) electrons. The molecule has 0 unspecified atom stereocenters. The van der Waals surface area contributed by atoms with E-state index in [2.05, 4.69) is 16.0 Å². The van der Waals surface area contributed by atoms with Crippen LogP contribution in [0, 0.1) is 0 Å². The fraction of sp³-hybridized carbons (Fsp3) is 0.0625. The van der Waals surface area contributed by atoms with Gasteiger partial charge in [0, 0.05) is 21.9 Å². The SMILES string of the molecule is O=C1NC(=S)N/C1=C\c1ccc(-c2ccc3c(c2)CNC3=O)s1. The summed E-state index contributed by atoms with van der Waals surface area (Å²) in [6, 6.07) is 9.80. The van der Waals surface area contributed by atoms with Gasteiger partial charge in [0.15, 0.2) is 5.11 Å². The van der Waals surface area contributed by atoms with Crippen molar-refractivity contribution in [2.75, 3.05) is 0 Å². The van der Waals surface area contributed by atoms with Crippen LogP contribution >= 0.6 is 23.6 Å². The van der Waals surface area contributed by atoms with E-state index in [1.54, 1.807) is 17.4 Å². The number of rotatable bonds is 2. The Hall–Kier alpha value is -2.51. The lowest BCUT2D eigenvalue weighted by atomic mass is 10.1. The topological polar surface area (TPSA) is 70.2 Å². The molecular weight excluding hydrogens is 330 g/mol. The molecule has 7 heteroatoms. The van der Waals surface area contributed by atoms with Crippen LogP contribution in [-0.2, 0) is 11.3 Å². The van der Waals surface area contributed by atoms with Gasteiger partial charge >= 0.3 is 0 Å². The molecule has 1 aromatic carbocycles. The van der Waals surface area contributed by atoms with Crippen LogP contribution in [0.3, 0.4) is 0 Å². The van der Waals surface area contributed by atoms with Crippen LogP contribution in [0.4, 0.5) is 0 Å². The molecule has 0 bridgehead atoms. The molecule has 2 aliphatic rings. The quantitative estimate of drug-likeness (QED) is 0.577. The van der Waals surface area contributed by atoms with Gasteiger partial charge in [0.1, 0.15) is 5.70 Å². The van der Waals surface area contributed by atoms with Crippen molar-refractivity contribution in [3.05, 3.63) is 52.0 Å². The Kier molecular flexibility index (Phi) is 3.24. The van der Waals surface area contributed by atoms with E-state index in [0.717, 1.165) is 26.4 Å². The van der Waals surface area contributed by atoms with Gasteiger partial charge < -0.3 is 10.6 Å². The number of thiophene rings is 1. The number of carbonyl (C=O) groups is 2. The van der Waals surface area contributed by atoms with Crippen LogP contribution in [-0.4, -0.2) is 16.9 Å². The molecule has 23 heavy (non-hydrogen) atoms. The van der Waals surface area contributed by atoms with Crippen LogP contribution in [0.2, 0.25) is 0 Å². The van der Waals surface area contributed by atoms with E-state index in [-0.39, 0.29) is 11.8 Å². The van der Waals surface area contributed by atoms with Crippen molar-refractivity contribution in [1.82, 2.24) is 16.0 Å². The molecule has 3 heterocycles. The molecule has 2 amide bonds. The van der Waals surface area contributed by atoms with Crippen molar-refractivity contribution in [1.29, 1.82) is 0 Å². The Morgan fingerprint density at radius 1 is 1.09 bits per heavy atom. The molecule has 4 rings (SSSR count). The standard InChI is InChI=1S/C16H11N3O2S2/c20-14-11-3-1-8(5-9(11)7-17-14)13-4-2-10(23-13)6-12-15(21)19-16(22)18-12/h1-6H,7H2,(H,17,20)(H2,18,19,21,22)/b12-6-. The summed E-state index contributed by atoms with van der Waals surface area (Å²) in [6.45, 7) is 0.575. The second kappa shape index (κ2) is 5.29. The highest BCUT2D eigenvalue weighted by Gasteiger charge is 2.21. The van der Waals surface area contributed by atoms with Crippen LogP contribution < -0.4 is 16.0 Å². The molecule has 5 nitrogen and oxygen atoms in total. The zero-order valence-electron chi connectivity index (χ0n) is 11.8. The molecule has 114 valence electrons. The van der Waals surface area contributed by atoms with Crippen LogP contribution in [0.25, 0.3) is 16.5 Å². The van der Waals surface area contributed by atoms with Crippen molar-refractivity contribution in [3.63, 3.8) is 0 Å². The van der Waals surface area contributed by atoms with Gasteiger partial charge in [-0.15, -0.1) is 11.3 Å². The predicted molar refractivity (Wildman–Crippen MR) is 92.8 cm³/mol. The highest BCUT2D eigenvalue weighted by molar-refractivity contribution is 7.80. The average Bonchev–Trinajstić information content (AvgIpc) is 3.21. The highest BCUT2D eigenvalue weighted by atomic mass is 32.1. The summed E-state index contributed by atoms with van der Waals surface area (Å²) in [7, 11) is 0. The van der Waals surface area contributed by atoms with Gasteiger partial charge in [-0.1, -0.05) is 6.07 Å². The van der Waals surface area contributed by atoms with Crippen molar-refractivity contribution < 1.29 is 9.59 Å². The highest BCUT2D eigenvalue weighted by Crippen LogP contribution is 2.31. The summed E-state index contributed by atoms with van der Waals surface area (Å²) >= 11 is 6.49. The van der Waals surface area contributed by atoms with Crippen molar-refractivity contribution in [2.24, 2.45) is 0 Å². The number of fused-ring (bicyclic) bond motifs is 1. The molecule has 0 saturated carbocycles. The maximum Gasteiger partial charge on any atom is 0.273 e. The number of thiocarbonyl (C=S) groups is 1. The number of hydrogen-bond donors (Lipinski definition) is 3. The van der Waals surface area contributed by atoms with Gasteiger partial charge in [0.05, 0.1) is 0 Å². The third-order valence-corrected chi connectivity index (χ3v) is 4.99. The number of amides is 2. The van der Waals surface area contributed by atoms with E-state index >= 15 is 0 Å². The lowest BCUT2D eigenvalue weighted by molar-refractivity contribution is -0.115. The van der Waals surface area contributed by atoms with Gasteiger partial charge in [-0.2, -0.15) is 0 Å². The molecule has 3 N–H and O–H groups in total. The van der Waals surface area contributed by atoms with E-state index in [1.165, 1.54) is 0 Å². The summed E-state index contributed by atoms with van der Waals surface area (Å²) < 4.78 is 0. The first kappa shape index (κ1) is 14.1. The third kappa shape index (κ3) is 2.54. The number of hydrogen-bond acceptors (Lipinski definition) is 4. The number of carbonyl (C=O) groups excluding carboxylic acids is 2. The minimum absolute atomic E-state index is 0.0163. The number of nitrogens with one attached hydrogen (secondary N) is 3. The fourth-order valence-electron chi connectivity index (χ4n) is 2.60. The zero-order chi connectivity index (χ0) is 16.0. The van der Waals surface area contributed by atoms with Crippen LogP contribution in [0.5, 0.6) is 0 Å². The molecule has 0 aliphatic carbocycles. The Labute approximate surface area is 141 Å². The lowest BCUT2D eigenvalue weighted by Crippen LogP contribution is -2.21. The molecule has 1 fully saturated rings. The van der Waals surface area contributed by atoms with Gasteiger partial charge in [0.2, 0.25) is 0 Å².